The van der Waals surface area contributed by atoms with Crippen molar-refractivity contribution in [3.63, 3.8) is 0 Å². The number of benzene rings is 1. The molecule has 0 bridgehead atoms. The third kappa shape index (κ3) is 4.03. The third-order valence-corrected chi connectivity index (χ3v) is 5.74. The lowest BCUT2D eigenvalue weighted by molar-refractivity contribution is 0.0950. The van der Waals surface area contributed by atoms with Gasteiger partial charge < -0.3 is 10.6 Å². The number of halogens is 1. The highest BCUT2D eigenvalue weighted by molar-refractivity contribution is 9.10. The van der Waals surface area contributed by atoms with Gasteiger partial charge in [-0.3, -0.25) is 4.79 Å². The van der Waals surface area contributed by atoms with Gasteiger partial charge in [-0.2, -0.15) is 16.9 Å². The minimum atomic E-state index is 0.00541. The van der Waals surface area contributed by atoms with Gasteiger partial charge in [-0.25, -0.2) is 9.50 Å². The quantitative estimate of drug-likeness (QED) is 0.519. The second-order valence-electron chi connectivity index (χ2n) is 6.96. The molecule has 8 heteroatoms. The molecule has 3 aromatic rings. The predicted octanol–water partition coefficient (Wildman–Crippen LogP) is 4.13. The number of fused-ring (bicyclic) bond motifs is 1. The predicted molar refractivity (Wildman–Crippen MR) is 118 cm³/mol. The van der Waals surface area contributed by atoms with E-state index in [1.165, 1.54) is 0 Å². The third-order valence-electron chi connectivity index (χ3n) is 4.74. The molecule has 0 radical (unpaired) electrons. The molecular weight excluding hydrogens is 438 g/mol. The lowest BCUT2D eigenvalue weighted by atomic mass is 10.0. The maximum Gasteiger partial charge on any atom is 0.251 e. The standard InChI is InChI=1S/C20H22BrN5OS/c1-12-9-13(3-6-15(12)20(27)24-14-4-5-14)17-11-23-19-16(22-7-8-28-2)10-18(21)25-26(17)19/h3,6,9-11,14,22H,4-5,7-8H2,1-2H3,(H,24,27). The molecule has 1 saturated carbocycles. The van der Waals surface area contributed by atoms with Gasteiger partial charge in [-0.1, -0.05) is 6.07 Å². The van der Waals surface area contributed by atoms with E-state index in [-0.39, 0.29) is 5.91 Å². The Labute approximate surface area is 176 Å². The average molecular weight is 460 g/mol. The Morgan fingerprint density at radius 1 is 1.36 bits per heavy atom. The minimum Gasteiger partial charge on any atom is -0.381 e. The Bertz CT molecular complexity index is 1030. The number of aryl methyl sites for hydroxylation is 1. The van der Waals surface area contributed by atoms with E-state index in [9.17, 15) is 4.79 Å². The van der Waals surface area contributed by atoms with Crippen LogP contribution in [0, 0.1) is 6.92 Å². The number of nitrogens with one attached hydrogen (secondary N) is 2. The highest BCUT2D eigenvalue weighted by Gasteiger charge is 2.24. The summed E-state index contributed by atoms with van der Waals surface area (Å²) < 4.78 is 2.58. The van der Waals surface area contributed by atoms with Crippen molar-refractivity contribution in [3.05, 3.63) is 46.2 Å². The molecule has 1 amide bonds. The van der Waals surface area contributed by atoms with E-state index in [0.29, 0.717) is 6.04 Å². The highest BCUT2D eigenvalue weighted by Crippen LogP contribution is 2.28. The summed E-state index contributed by atoms with van der Waals surface area (Å²) in [4.78, 5) is 17.0. The van der Waals surface area contributed by atoms with Crippen molar-refractivity contribution in [2.45, 2.75) is 25.8 Å². The van der Waals surface area contributed by atoms with Gasteiger partial charge >= 0.3 is 0 Å². The average Bonchev–Trinajstić information content (AvgIpc) is 3.37. The molecule has 146 valence electrons. The van der Waals surface area contributed by atoms with Crippen molar-refractivity contribution in [1.82, 2.24) is 19.9 Å². The molecule has 4 rings (SSSR count). The summed E-state index contributed by atoms with van der Waals surface area (Å²) in [6.07, 6.45) is 6.08. The van der Waals surface area contributed by atoms with E-state index in [1.54, 1.807) is 11.8 Å². The zero-order valence-electron chi connectivity index (χ0n) is 15.8. The van der Waals surface area contributed by atoms with E-state index >= 15 is 0 Å². The number of hydrogen-bond donors (Lipinski definition) is 2. The molecular formula is C20H22BrN5OS. The molecule has 0 saturated heterocycles. The number of carbonyl (C=O) groups excluding carboxylic acids is 1. The molecule has 2 N–H and O–H groups in total. The fourth-order valence-corrected chi connectivity index (χ4v) is 3.82. The van der Waals surface area contributed by atoms with Crippen LogP contribution < -0.4 is 10.6 Å². The van der Waals surface area contributed by atoms with Crippen LogP contribution in [0.25, 0.3) is 16.9 Å². The number of thioether (sulfide) groups is 1. The molecule has 28 heavy (non-hydrogen) atoms. The molecule has 1 aliphatic carbocycles. The second-order valence-corrected chi connectivity index (χ2v) is 8.75. The lowest BCUT2D eigenvalue weighted by Crippen LogP contribution is -2.26. The fourth-order valence-electron chi connectivity index (χ4n) is 3.12. The van der Waals surface area contributed by atoms with E-state index in [4.69, 9.17) is 0 Å². The summed E-state index contributed by atoms with van der Waals surface area (Å²) in [6, 6.07) is 8.17. The first-order chi connectivity index (χ1) is 13.6. The molecule has 0 atom stereocenters. The van der Waals surface area contributed by atoms with Crippen LogP contribution in [0.15, 0.2) is 35.1 Å². The van der Waals surface area contributed by atoms with Gasteiger partial charge in [0.1, 0.15) is 4.60 Å². The second kappa shape index (κ2) is 8.13. The van der Waals surface area contributed by atoms with Crippen LogP contribution in [0.1, 0.15) is 28.8 Å². The van der Waals surface area contributed by atoms with Gasteiger partial charge in [0, 0.05) is 29.5 Å². The van der Waals surface area contributed by atoms with Crippen LogP contribution in [-0.2, 0) is 0 Å². The van der Waals surface area contributed by atoms with Crippen LogP contribution in [0.2, 0.25) is 0 Å². The molecule has 2 aromatic heterocycles. The summed E-state index contributed by atoms with van der Waals surface area (Å²) in [5.74, 6) is 1.02. The zero-order chi connectivity index (χ0) is 19.7. The van der Waals surface area contributed by atoms with Crippen molar-refractivity contribution in [2.24, 2.45) is 0 Å². The Morgan fingerprint density at radius 2 is 2.18 bits per heavy atom. The first-order valence-corrected chi connectivity index (χ1v) is 11.4. The number of anilines is 1. The normalized spacial score (nSPS) is 13.7. The van der Waals surface area contributed by atoms with Crippen LogP contribution in [0.5, 0.6) is 0 Å². The molecule has 2 heterocycles. The van der Waals surface area contributed by atoms with Crippen LogP contribution in [0.3, 0.4) is 0 Å². The Hall–Kier alpha value is -2.06. The fraction of sp³-hybridized carbons (Fsp3) is 0.350. The Balaban J connectivity index is 1.67. The molecule has 0 unspecified atom stereocenters. The monoisotopic (exact) mass is 459 g/mol. The van der Waals surface area contributed by atoms with E-state index < -0.39 is 0 Å². The number of hydrogen-bond acceptors (Lipinski definition) is 5. The van der Waals surface area contributed by atoms with Crippen molar-refractivity contribution < 1.29 is 4.79 Å². The number of imidazole rings is 1. The molecule has 1 fully saturated rings. The topological polar surface area (TPSA) is 71.3 Å². The van der Waals surface area contributed by atoms with Gasteiger partial charge in [-0.05, 0) is 65.7 Å². The van der Waals surface area contributed by atoms with Crippen molar-refractivity contribution in [3.8, 4) is 11.3 Å². The first-order valence-electron chi connectivity index (χ1n) is 9.26. The summed E-state index contributed by atoms with van der Waals surface area (Å²) >= 11 is 5.30. The van der Waals surface area contributed by atoms with Crippen molar-refractivity contribution in [2.75, 3.05) is 23.9 Å². The molecule has 1 aromatic carbocycles. The van der Waals surface area contributed by atoms with Gasteiger partial charge in [0.05, 0.1) is 17.6 Å². The SMILES string of the molecule is CSCCNc1cc(Br)nn2c(-c3ccc(C(=O)NC4CC4)c(C)c3)cnc12. The Kier molecular flexibility index (Phi) is 5.59. The lowest BCUT2D eigenvalue weighted by Gasteiger charge is -2.10. The molecule has 1 aliphatic rings. The van der Waals surface area contributed by atoms with Crippen LogP contribution in [0.4, 0.5) is 5.69 Å². The zero-order valence-corrected chi connectivity index (χ0v) is 18.2. The number of aromatic nitrogens is 3. The molecule has 6 nitrogen and oxygen atoms in total. The maximum atomic E-state index is 12.4. The molecule has 0 spiro atoms. The highest BCUT2D eigenvalue weighted by atomic mass is 79.9. The summed E-state index contributed by atoms with van der Waals surface area (Å²) in [6.45, 7) is 2.83. The van der Waals surface area contributed by atoms with Crippen molar-refractivity contribution in [1.29, 1.82) is 0 Å². The summed E-state index contributed by atoms with van der Waals surface area (Å²) in [5.41, 5.74) is 5.26. The first kappa shape index (κ1) is 19.3. The smallest absolute Gasteiger partial charge is 0.251 e. The number of nitrogens with zero attached hydrogens (tertiary/aromatic N) is 3. The number of carbonyl (C=O) groups is 1. The largest absolute Gasteiger partial charge is 0.381 e. The van der Waals surface area contributed by atoms with Crippen molar-refractivity contribution >= 4 is 44.9 Å². The summed E-state index contributed by atoms with van der Waals surface area (Å²) in [5, 5.41) is 11.1. The van der Waals surface area contributed by atoms with Crippen LogP contribution >= 0.6 is 27.7 Å². The maximum absolute atomic E-state index is 12.4. The summed E-state index contributed by atoms with van der Waals surface area (Å²) in [7, 11) is 0. The van der Waals surface area contributed by atoms with Crippen LogP contribution in [-0.4, -0.2) is 45.1 Å². The van der Waals surface area contributed by atoms with Gasteiger partial charge in [-0.15, -0.1) is 0 Å². The minimum absolute atomic E-state index is 0.00541. The van der Waals surface area contributed by atoms with E-state index in [1.807, 2.05) is 41.9 Å². The Morgan fingerprint density at radius 3 is 2.89 bits per heavy atom. The van der Waals surface area contributed by atoms with E-state index in [2.05, 4.69) is 42.9 Å². The van der Waals surface area contributed by atoms with E-state index in [0.717, 1.165) is 63.5 Å². The number of amides is 1. The van der Waals surface area contributed by atoms with Gasteiger partial charge in [0.2, 0.25) is 0 Å². The van der Waals surface area contributed by atoms with Gasteiger partial charge in [0.15, 0.2) is 5.65 Å². The molecule has 0 aliphatic heterocycles. The number of rotatable bonds is 7. The van der Waals surface area contributed by atoms with Gasteiger partial charge in [0.25, 0.3) is 5.91 Å².